The largest absolute Gasteiger partial charge is 0.383 e. The summed E-state index contributed by atoms with van der Waals surface area (Å²) in [6.45, 7) is 8.39. The molecule has 1 aromatic heterocycles. The van der Waals surface area contributed by atoms with E-state index >= 15 is 0 Å². The van der Waals surface area contributed by atoms with Gasteiger partial charge in [0.25, 0.3) is 0 Å². The van der Waals surface area contributed by atoms with Crippen LogP contribution in [0.3, 0.4) is 0 Å². The van der Waals surface area contributed by atoms with Gasteiger partial charge in [0.1, 0.15) is 11.5 Å². The van der Waals surface area contributed by atoms with Crippen LogP contribution in [0.2, 0.25) is 0 Å². The number of nitrogen functional groups attached to an aromatic ring is 1. The Morgan fingerprint density at radius 1 is 1.18 bits per heavy atom. The predicted octanol–water partition coefficient (Wildman–Crippen LogP) is 3.33. The van der Waals surface area contributed by atoms with Gasteiger partial charge in [-0.1, -0.05) is 18.2 Å². The van der Waals surface area contributed by atoms with Gasteiger partial charge < -0.3 is 10.3 Å². The van der Waals surface area contributed by atoms with Crippen molar-refractivity contribution in [1.29, 1.82) is 0 Å². The highest BCUT2D eigenvalue weighted by Gasteiger charge is 2.14. The summed E-state index contributed by atoms with van der Waals surface area (Å²) >= 11 is 0. The molecule has 1 heterocycles. The van der Waals surface area contributed by atoms with E-state index in [1.807, 2.05) is 10.9 Å². The molecule has 0 saturated heterocycles. The molecule has 0 amide bonds. The van der Waals surface area contributed by atoms with E-state index in [-0.39, 0.29) is 0 Å². The van der Waals surface area contributed by atoms with Crippen molar-refractivity contribution in [1.82, 2.24) is 9.55 Å². The average molecular weight is 229 g/mol. The standard InChI is InChI=1S/C14H19N3/c1-9(2)17-8-16-13(14(17)15)12-10(3)6-5-7-11(12)4/h5-9H,15H2,1-4H3. The molecule has 0 spiro atoms. The number of hydrogen-bond donors (Lipinski definition) is 1. The van der Waals surface area contributed by atoms with Crippen LogP contribution in [-0.4, -0.2) is 9.55 Å². The van der Waals surface area contributed by atoms with E-state index in [9.17, 15) is 0 Å². The first-order valence-corrected chi connectivity index (χ1v) is 5.91. The smallest absolute Gasteiger partial charge is 0.131 e. The number of aryl methyl sites for hydroxylation is 2. The Hall–Kier alpha value is -1.77. The van der Waals surface area contributed by atoms with Crippen molar-refractivity contribution in [3.05, 3.63) is 35.7 Å². The van der Waals surface area contributed by atoms with Crippen molar-refractivity contribution in [3.8, 4) is 11.3 Å². The molecule has 90 valence electrons. The molecular weight excluding hydrogens is 210 g/mol. The van der Waals surface area contributed by atoms with E-state index in [1.54, 1.807) is 0 Å². The minimum Gasteiger partial charge on any atom is -0.383 e. The van der Waals surface area contributed by atoms with Gasteiger partial charge in [0.2, 0.25) is 0 Å². The number of aromatic nitrogens is 2. The number of hydrogen-bond acceptors (Lipinski definition) is 2. The lowest BCUT2D eigenvalue weighted by molar-refractivity contribution is 0.607. The normalized spacial score (nSPS) is 11.1. The number of nitrogens with two attached hydrogens (primary N) is 1. The Morgan fingerprint density at radius 2 is 1.76 bits per heavy atom. The first-order valence-electron chi connectivity index (χ1n) is 5.91. The van der Waals surface area contributed by atoms with Gasteiger partial charge in [0.15, 0.2) is 0 Å². The third-order valence-corrected chi connectivity index (χ3v) is 3.11. The number of nitrogens with zero attached hydrogens (tertiary/aromatic N) is 2. The fourth-order valence-corrected chi connectivity index (χ4v) is 2.16. The molecule has 1 aromatic carbocycles. The van der Waals surface area contributed by atoms with Crippen molar-refractivity contribution in [2.45, 2.75) is 33.7 Å². The minimum absolute atomic E-state index is 0.334. The van der Waals surface area contributed by atoms with Crippen LogP contribution in [0.25, 0.3) is 11.3 Å². The van der Waals surface area contributed by atoms with Crippen molar-refractivity contribution >= 4 is 5.82 Å². The van der Waals surface area contributed by atoms with E-state index in [0.29, 0.717) is 6.04 Å². The Balaban J connectivity index is 2.62. The van der Waals surface area contributed by atoms with E-state index in [2.05, 4.69) is 50.9 Å². The van der Waals surface area contributed by atoms with E-state index in [1.165, 1.54) is 11.1 Å². The summed E-state index contributed by atoms with van der Waals surface area (Å²) in [6.07, 6.45) is 1.82. The highest BCUT2D eigenvalue weighted by atomic mass is 15.1. The molecule has 2 rings (SSSR count). The Labute approximate surface area is 102 Å². The molecule has 2 N–H and O–H groups in total. The van der Waals surface area contributed by atoms with Crippen LogP contribution in [-0.2, 0) is 0 Å². The van der Waals surface area contributed by atoms with Crippen LogP contribution in [0.1, 0.15) is 31.0 Å². The molecule has 0 unspecified atom stereocenters. The summed E-state index contributed by atoms with van der Waals surface area (Å²) in [4.78, 5) is 4.47. The lowest BCUT2D eigenvalue weighted by Gasteiger charge is -2.11. The lowest BCUT2D eigenvalue weighted by atomic mass is 10.00. The van der Waals surface area contributed by atoms with Crippen LogP contribution in [0.4, 0.5) is 5.82 Å². The molecule has 0 bridgehead atoms. The highest BCUT2D eigenvalue weighted by molar-refractivity contribution is 5.75. The molecular formula is C14H19N3. The molecule has 0 aliphatic heterocycles. The fourth-order valence-electron chi connectivity index (χ4n) is 2.16. The minimum atomic E-state index is 0.334. The number of benzene rings is 1. The third-order valence-electron chi connectivity index (χ3n) is 3.11. The predicted molar refractivity (Wildman–Crippen MR) is 71.9 cm³/mol. The quantitative estimate of drug-likeness (QED) is 0.858. The molecule has 3 heteroatoms. The second-order valence-electron chi connectivity index (χ2n) is 4.75. The van der Waals surface area contributed by atoms with Crippen molar-refractivity contribution in [2.75, 3.05) is 5.73 Å². The van der Waals surface area contributed by atoms with Crippen LogP contribution in [0.5, 0.6) is 0 Å². The average Bonchev–Trinajstić information content (AvgIpc) is 2.61. The number of rotatable bonds is 2. The van der Waals surface area contributed by atoms with Gasteiger partial charge in [-0.15, -0.1) is 0 Å². The van der Waals surface area contributed by atoms with E-state index in [4.69, 9.17) is 5.73 Å². The first-order chi connectivity index (χ1) is 8.02. The van der Waals surface area contributed by atoms with Gasteiger partial charge >= 0.3 is 0 Å². The van der Waals surface area contributed by atoms with Gasteiger partial charge in [-0.25, -0.2) is 4.98 Å². The molecule has 3 nitrogen and oxygen atoms in total. The molecule has 0 atom stereocenters. The summed E-state index contributed by atoms with van der Waals surface area (Å²) in [5.41, 5.74) is 10.7. The zero-order chi connectivity index (χ0) is 12.6. The first kappa shape index (κ1) is 11.7. The Morgan fingerprint density at radius 3 is 2.24 bits per heavy atom. The Kier molecular flexibility index (Phi) is 2.92. The van der Waals surface area contributed by atoms with Gasteiger partial charge in [0.05, 0.1) is 6.33 Å². The summed E-state index contributed by atoms with van der Waals surface area (Å²) in [5.74, 6) is 0.748. The van der Waals surface area contributed by atoms with E-state index in [0.717, 1.165) is 17.1 Å². The maximum atomic E-state index is 6.17. The summed E-state index contributed by atoms with van der Waals surface area (Å²) in [5, 5.41) is 0. The fraction of sp³-hybridized carbons (Fsp3) is 0.357. The zero-order valence-corrected chi connectivity index (χ0v) is 10.9. The monoisotopic (exact) mass is 229 g/mol. The van der Waals surface area contributed by atoms with Crippen LogP contribution < -0.4 is 5.73 Å². The molecule has 0 radical (unpaired) electrons. The maximum Gasteiger partial charge on any atom is 0.131 e. The summed E-state index contributed by atoms with van der Waals surface area (Å²) in [7, 11) is 0. The van der Waals surface area contributed by atoms with Gasteiger partial charge in [-0.05, 0) is 38.8 Å². The lowest BCUT2D eigenvalue weighted by Crippen LogP contribution is -2.04. The van der Waals surface area contributed by atoms with Crippen molar-refractivity contribution < 1.29 is 0 Å². The molecule has 0 fully saturated rings. The molecule has 2 aromatic rings. The van der Waals surface area contributed by atoms with Gasteiger partial charge in [-0.2, -0.15) is 0 Å². The van der Waals surface area contributed by atoms with Gasteiger partial charge in [0, 0.05) is 11.6 Å². The van der Waals surface area contributed by atoms with E-state index < -0.39 is 0 Å². The second-order valence-corrected chi connectivity index (χ2v) is 4.75. The zero-order valence-electron chi connectivity index (χ0n) is 10.9. The molecule has 0 aliphatic carbocycles. The third kappa shape index (κ3) is 1.93. The van der Waals surface area contributed by atoms with Crippen LogP contribution >= 0.6 is 0 Å². The number of imidazole rings is 1. The maximum absolute atomic E-state index is 6.17. The molecule has 17 heavy (non-hydrogen) atoms. The SMILES string of the molecule is Cc1cccc(C)c1-c1ncn(C(C)C)c1N. The summed E-state index contributed by atoms with van der Waals surface area (Å²) in [6, 6.07) is 6.58. The second kappa shape index (κ2) is 4.24. The van der Waals surface area contributed by atoms with Crippen molar-refractivity contribution in [2.24, 2.45) is 0 Å². The van der Waals surface area contributed by atoms with Crippen LogP contribution in [0.15, 0.2) is 24.5 Å². The van der Waals surface area contributed by atoms with Crippen molar-refractivity contribution in [3.63, 3.8) is 0 Å². The Bertz CT molecular complexity index is 518. The number of anilines is 1. The molecule has 0 aliphatic rings. The molecule has 0 saturated carbocycles. The topological polar surface area (TPSA) is 43.8 Å². The van der Waals surface area contributed by atoms with Crippen LogP contribution in [0, 0.1) is 13.8 Å². The highest BCUT2D eigenvalue weighted by Crippen LogP contribution is 2.31. The summed E-state index contributed by atoms with van der Waals surface area (Å²) < 4.78 is 2.00. The van der Waals surface area contributed by atoms with Gasteiger partial charge in [-0.3, -0.25) is 0 Å².